The lowest BCUT2D eigenvalue weighted by atomic mass is 10.3. The zero-order valence-corrected chi connectivity index (χ0v) is 12.0. The monoisotopic (exact) mass is 313 g/mol. The van der Waals surface area contributed by atoms with Crippen molar-refractivity contribution in [3.8, 4) is 0 Å². The van der Waals surface area contributed by atoms with Crippen LogP contribution in [0.5, 0.6) is 0 Å². The number of halogens is 1. The van der Waals surface area contributed by atoms with E-state index in [0.29, 0.717) is 16.7 Å². The van der Waals surface area contributed by atoms with Crippen molar-refractivity contribution in [2.75, 3.05) is 0 Å². The average molecular weight is 314 g/mol. The van der Waals surface area contributed by atoms with Gasteiger partial charge in [-0.15, -0.1) is 11.3 Å². The summed E-state index contributed by atoms with van der Waals surface area (Å²) < 4.78 is 0.527. The van der Waals surface area contributed by atoms with E-state index in [-0.39, 0.29) is 5.56 Å². The molecule has 0 amide bonds. The highest BCUT2D eigenvalue weighted by Crippen LogP contribution is 2.14. The fourth-order valence-electron chi connectivity index (χ4n) is 1.50. The lowest BCUT2D eigenvalue weighted by Gasteiger charge is -2.03. The fourth-order valence-corrected chi connectivity index (χ4v) is 2.75. The molecule has 0 aliphatic carbocycles. The Morgan fingerprint density at radius 1 is 1.47 bits per heavy atom. The van der Waals surface area contributed by atoms with Crippen molar-refractivity contribution in [3.63, 3.8) is 0 Å². The Balaban J connectivity index is 2.33. The van der Waals surface area contributed by atoms with Gasteiger partial charge < -0.3 is 4.98 Å². The Hall–Kier alpha value is -1.01. The summed E-state index contributed by atoms with van der Waals surface area (Å²) in [6.45, 7) is 3.93. The van der Waals surface area contributed by atoms with Crippen LogP contribution in [0.3, 0.4) is 0 Å². The highest BCUT2D eigenvalue weighted by Gasteiger charge is 2.09. The van der Waals surface area contributed by atoms with Gasteiger partial charge in [-0.05, 0) is 29.3 Å². The van der Waals surface area contributed by atoms with Gasteiger partial charge in [0.1, 0.15) is 15.3 Å². The Morgan fingerprint density at radius 2 is 2.24 bits per heavy atom. The number of aryl methyl sites for hydroxylation is 2. The Kier molecular flexibility index (Phi) is 3.73. The highest BCUT2D eigenvalue weighted by molar-refractivity contribution is 9.10. The minimum absolute atomic E-state index is 0.125. The van der Waals surface area contributed by atoms with Crippen LogP contribution in [0.15, 0.2) is 14.6 Å². The lowest BCUT2D eigenvalue weighted by Crippen LogP contribution is -2.15. The quantitative estimate of drug-likeness (QED) is 0.947. The van der Waals surface area contributed by atoms with E-state index < -0.39 is 0 Å². The van der Waals surface area contributed by atoms with Crippen LogP contribution in [0.4, 0.5) is 0 Å². The molecule has 0 spiro atoms. The first-order chi connectivity index (χ1) is 8.10. The summed E-state index contributed by atoms with van der Waals surface area (Å²) in [6, 6.07) is 0. The van der Waals surface area contributed by atoms with Gasteiger partial charge in [-0.2, -0.15) is 0 Å². The zero-order valence-electron chi connectivity index (χ0n) is 9.58. The summed E-state index contributed by atoms with van der Waals surface area (Å²) in [4.78, 5) is 23.2. The Morgan fingerprint density at radius 3 is 2.82 bits per heavy atom. The number of hydrogen-bond acceptors (Lipinski definition) is 4. The molecule has 2 aromatic rings. The second-order valence-electron chi connectivity index (χ2n) is 3.69. The van der Waals surface area contributed by atoms with Crippen LogP contribution in [0.1, 0.15) is 29.1 Å². The maximum absolute atomic E-state index is 11.7. The molecular weight excluding hydrogens is 302 g/mol. The van der Waals surface area contributed by atoms with E-state index in [1.807, 2.05) is 19.2 Å². The molecule has 0 fully saturated rings. The van der Waals surface area contributed by atoms with Crippen molar-refractivity contribution in [1.29, 1.82) is 0 Å². The first-order valence-electron chi connectivity index (χ1n) is 5.28. The molecule has 0 saturated carbocycles. The fraction of sp³-hybridized carbons (Fsp3) is 0.364. The number of thiazole rings is 1. The molecule has 2 rings (SSSR count). The maximum Gasteiger partial charge on any atom is 0.265 e. The summed E-state index contributed by atoms with van der Waals surface area (Å²) in [7, 11) is 0. The van der Waals surface area contributed by atoms with Crippen LogP contribution >= 0.6 is 27.3 Å². The minimum atomic E-state index is -0.125. The third-order valence-corrected chi connectivity index (χ3v) is 4.09. The van der Waals surface area contributed by atoms with E-state index in [9.17, 15) is 4.79 Å². The second-order valence-corrected chi connectivity index (χ2v) is 5.42. The van der Waals surface area contributed by atoms with Crippen LogP contribution in [-0.4, -0.2) is 15.0 Å². The largest absolute Gasteiger partial charge is 0.309 e. The topological polar surface area (TPSA) is 58.6 Å². The molecule has 0 aromatic carbocycles. The Labute approximate surface area is 111 Å². The van der Waals surface area contributed by atoms with Crippen molar-refractivity contribution < 1.29 is 0 Å². The van der Waals surface area contributed by atoms with Gasteiger partial charge in [-0.3, -0.25) is 4.79 Å². The summed E-state index contributed by atoms with van der Waals surface area (Å²) in [5.41, 5.74) is 1.66. The number of hydrogen-bond donors (Lipinski definition) is 1. The molecule has 2 aromatic heterocycles. The van der Waals surface area contributed by atoms with Gasteiger partial charge >= 0.3 is 0 Å². The first kappa shape index (κ1) is 12.4. The van der Waals surface area contributed by atoms with Gasteiger partial charge in [0, 0.05) is 11.1 Å². The Bertz CT molecular complexity index is 591. The van der Waals surface area contributed by atoms with Gasteiger partial charge in [-0.25, -0.2) is 9.97 Å². The molecule has 17 heavy (non-hydrogen) atoms. The molecule has 0 atom stereocenters. The second kappa shape index (κ2) is 5.10. The van der Waals surface area contributed by atoms with E-state index in [0.717, 1.165) is 22.8 Å². The average Bonchev–Trinajstić information content (AvgIpc) is 2.69. The smallest absolute Gasteiger partial charge is 0.265 e. The molecule has 0 saturated heterocycles. The number of aromatic nitrogens is 3. The highest BCUT2D eigenvalue weighted by atomic mass is 79.9. The summed E-state index contributed by atoms with van der Waals surface area (Å²) in [5.74, 6) is 0.671. The molecule has 0 bridgehead atoms. The molecule has 90 valence electrons. The van der Waals surface area contributed by atoms with E-state index in [1.54, 1.807) is 11.3 Å². The lowest BCUT2D eigenvalue weighted by molar-refractivity contribution is 0.871. The van der Waals surface area contributed by atoms with E-state index in [1.165, 1.54) is 0 Å². The molecule has 6 heteroatoms. The number of rotatable bonds is 3. The summed E-state index contributed by atoms with van der Waals surface area (Å²) in [6.07, 6.45) is 1.31. The number of aromatic amines is 1. The SMILES string of the molecule is CCc1nc(Cc2nc(C)cs2)[nH]c(=O)c1Br. The maximum atomic E-state index is 11.7. The molecule has 0 aliphatic rings. The normalized spacial score (nSPS) is 10.8. The molecule has 2 heterocycles. The number of nitrogens with one attached hydrogen (secondary N) is 1. The van der Waals surface area contributed by atoms with Crippen molar-refractivity contribution in [3.05, 3.63) is 42.4 Å². The standard InChI is InChI=1S/C11H12BrN3OS/c1-3-7-10(12)11(16)15-8(14-7)4-9-13-6(2)5-17-9/h5H,3-4H2,1-2H3,(H,14,15,16). The number of H-pyrrole nitrogens is 1. The zero-order chi connectivity index (χ0) is 12.4. The van der Waals surface area contributed by atoms with Crippen LogP contribution in [0, 0.1) is 6.92 Å². The van der Waals surface area contributed by atoms with Gasteiger partial charge in [-0.1, -0.05) is 6.92 Å². The van der Waals surface area contributed by atoms with Crippen LogP contribution in [-0.2, 0) is 12.8 Å². The summed E-state index contributed by atoms with van der Waals surface area (Å²) >= 11 is 4.83. The van der Waals surface area contributed by atoms with Crippen LogP contribution in [0.2, 0.25) is 0 Å². The van der Waals surface area contributed by atoms with Crippen molar-refractivity contribution in [2.45, 2.75) is 26.7 Å². The number of nitrogens with zero attached hydrogens (tertiary/aromatic N) is 2. The third kappa shape index (κ3) is 2.81. The van der Waals surface area contributed by atoms with Crippen LogP contribution < -0.4 is 5.56 Å². The van der Waals surface area contributed by atoms with Crippen molar-refractivity contribution >= 4 is 27.3 Å². The predicted octanol–water partition coefficient (Wildman–Crippen LogP) is 2.45. The first-order valence-corrected chi connectivity index (χ1v) is 6.96. The molecular formula is C11H12BrN3OS. The van der Waals surface area contributed by atoms with E-state index in [4.69, 9.17) is 0 Å². The van der Waals surface area contributed by atoms with E-state index >= 15 is 0 Å². The van der Waals surface area contributed by atoms with Gasteiger partial charge in [0.05, 0.1) is 12.1 Å². The molecule has 1 N–H and O–H groups in total. The van der Waals surface area contributed by atoms with Crippen molar-refractivity contribution in [2.24, 2.45) is 0 Å². The third-order valence-electron chi connectivity index (χ3n) is 2.30. The molecule has 0 unspecified atom stereocenters. The van der Waals surface area contributed by atoms with Gasteiger partial charge in [0.15, 0.2) is 0 Å². The summed E-state index contributed by atoms with van der Waals surface area (Å²) in [5, 5.41) is 2.96. The molecule has 0 radical (unpaired) electrons. The molecule has 4 nitrogen and oxygen atoms in total. The van der Waals surface area contributed by atoms with E-state index in [2.05, 4.69) is 30.9 Å². The van der Waals surface area contributed by atoms with Gasteiger partial charge in [0.25, 0.3) is 5.56 Å². The van der Waals surface area contributed by atoms with Crippen LogP contribution in [0.25, 0.3) is 0 Å². The van der Waals surface area contributed by atoms with Crippen molar-refractivity contribution in [1.82, 2.24) is 15.0 Å². The molecule has 0 aliphatic heterocycles. The van der Waals surface area contributed by atoms with Gasteiger partial charge in [0.2, 0.25) is 0 Å². The predicted molar refractivity (Wildman–Crippen MR) is 71.6 cm³/mol. The minimum Gasteiger partial charge on any atom is -0.309 e.